The van der Waals surface area contributed by atoms with Crippen molar-refractivity contribution in [1.82, 2.24) is 4.98 Å². The number of hydrogen-bond donors (Lipinski definition) is 1. The van der Waals surface area contributed by atoms with E-state index in [4.69, 9.17) is 14.2 Å². The first-order valence-corrected chi connectivity index (χ1v) is 7.96. The molecule has 0 amide bonds. The van der Waals surface area contributed by atoms with E-state index < -0.39 is 4.92 Å². The van der Waals surface area contributed by atoms with Crippen LogP contribution in [0.3, 0.4) is 0 Å². The molecule has 3 aromatic rings. The van der Waals surface area contributed by atoms with Gasteiger partial charge in [0, 0.05) is 17.8 Å². The summed E-state index contributed by atoms with van der Waals surface area (Å²) in [6.45, 7) is 0. The smallest absolute Gasteiger partial charge is 0.287 e. The largest absolute Gasteiger partial charge is 0.497 e. The van der Waals surface area contributed by atoms with Gasteiger partial charge in [-0.2, -0.15) is 0 Å². The summed E-state index contributed by atoms with van der Waals surface area (Å²) in [6, 6.07) is 15.4. The van der Waals surface area contributed by atoms with Crippen molar-refractivity contribution in [3.05, 3.63) is 70.9 Å². The van der Waals surface area contributed by atoms with E-state index in [0.29, 0.717) is 28.8 Å². The lowest BCUT2D eigenvalue weighted by Gasteiger charge is -2.13. The first kappa shape index (κ1) is 18.0. The summed E-state index contributed by atoms with van der Waals surface area (Å²) < 4.78 is 16.4. The van der Waals surface area contributed by atoms with Crippen molar-refractivity contribution in [3.8, 4) is 23.0 Å². The van der Waals surface area contributed by atoms with Gasteiger partial charge in [0.25, 0.3) is 5.69 Å². The number of nitro groups is 1. The van der Waals surface area contributed by atoms with Gasteiger partial charge in [-0.05, 0) is 42.5 Å². The molecule has 3 rings (SSSR count). The number of nitrogens with zero attached hydrogens (tertiary/aromatic N) is 2. The summed E-state index contributed by atoms with van der Waals surface area (Å²) in [4.78, 5) is 14.2. The first-order chi connectivity index (χ1) is 13.1. The maximum atomic E-state index is 10.7. The van der Waals surface area contributed by atoms with Crippen molar-refractivity contribution in [1.29, 1.82) is 0 Å². The number of anilines is 2. The molecule has 1 N–H and O–H groups in total. The average molecular weight is 367 g/mol. The zero-order chi connectivity index (χ0) is 19.2. The van der Waals surface area contributed by atoms with E-state index in [0.717, 1.165) is 5.75 Å². The van der Waals surface area contributed by atoms with E-state index in [1.54, 1.807) is 56.7 Å². The lowest BCUT2D eigenvalue weighted by atomic mass is 10.2. The molecule has 1 aromatic heterocycles. The Labute approximate surface area is 155 Å². The van der Waals surface area contributed by atoms with E-state index >= 15 is 0 Å². The minimum atomic E-state index is -0.495. The molecule has 0 saturated carbocycles. The maximum Gasteiger partial charge on any atom is 0.287 e. The third-order valence-electron chi connectivity index (χ3n) is 3.68. The Kier molecular flexibility index (Phi) is 5.36. The Bertz CT molecular complexity index is 927. The molecule has 0 atom stereocenters. The van der Waals surface area contributed by atoms with Gasteiger partial charge in [-0.25, -0.2) is 4.98 Å². The molecule has 0 spiro atoms. The molecule has 0 aliphatic rings. The molecule has 0 fully saturated rings. The molecule has 138 valence electrons. The highest BCUT2D eigenvalue weighted by atomic mass is 16.6. The molecule has 8 nitrogen and oxygen atoms in total. The molecule has 0 bridgehead atoms. The summed E-state index contributed by atoms with van der Waals surface area (Å²) >= 11 is 0. The molecule has 0 radical (unpaired) electrons. The normalized spacial score (nSPS) is 10.1. The quantitative estimate of drug-likeness (QED) is 0.483. The van der Waals surface area contributed by atoms with Crippen LogP contribution in [0.2, 0.25) is 0 Å². The Morgan fingerprint density at radius 1 is 0.926 bits per heavy atom. The van der Waals surface area contributed by atoms with Gasteiger partial charge in [0.05, 0.1) is 19.1 Å². The van der Waals surface area contributed by atoms with Crippen molar-refractivity contribution in [2.45, 2.75) is 0 Å². The van der Waals surface area contributed by atoms with Crippen LogP contribution < -0.4 is 19.5 Å². The van der Waals surface area contributed by atoms with Gasteiger partial charge in [-0.15, -0.1) is 0 Å². The number of ether oxygens (including phenoxy) is 3. The Morgan fingerprint density at radius 2 is 1.67 bits per heavy atom. The summed E-state index contributed by atoms with van der Waals surface area (Å²) in [6.07, 6.45) is 1.20. The fourth-order valence-corrected chi connectivity index (χ4v) is 2.32. The van der Waals surface area contributed by atoms with Crippen molar-refractivity contribution in [2.75, 3.05) is 19.5 Å². The van der Waals surface area contributed by atoms with Gasteiger partial charge in [0.1, 0.15) is 23.5 Å². The summed E-state index contributed by atoms with van der Waals surface area (Å²) in [5.74, 6) is 2.90. The topological polar surface area (TPSA) is 95.8 Å². The highest BCUT2D eigenvalue weighted by Gasteiger charge is 2.09. The second-order valence-corrected chi connectivity index (χ2v) is 5.43. The van der Waals surface area contributed by atoms with Gasteiger partial charge >= 0.3 is 0 Å². The van der Waals surface area contributed by atoms with E-state index in [-0.39, 0.29) is 5.69 Å². The van der Waals surface area contributed by atoms with E-state index in [1.807, 2.05) is 0 Å². The molecule has 0 unspecified atom stereocenters. The van der Waals surface area contributed by atoms with Gasteiger partial charge in [-0.1, -0.05) is 0 Å². The Hall–Kier alpha value is -3.81. The molecule has 0 aliphatic heterocycles. The maximum absolute atomic E-state index is 10.7. The number of rotatable bonds is 7. The van der Waals surface area contributed by atoms with Crippen LogP contribution in [0.15, 0.2) is 60.8 Å². The highest BCUT2D eigenvalue weighted by molar-refractivity contribution is 5.62. The third kappa shape index (κ3) is 4.43. The van der Waals surface area contributed by atoms with Crippen LogP contribution in [0.1, 0.15) is 0 Å². The molecule has 0 aliphatic carbocycles. The number of pyridine rings is 1. The number of methoxy groups -OCH3 is 2. The minimum Gasteiger partial charge on any atom is -0.497 e. The Morgan fingerprint density at radius 3 is 2.26 bits per heavy atom. The van der Waals surface area contributed by atoms with Crippen LogP contribution in [0.4, 0.5) is 17.2 Å². The monoisotopic (exact) mass is 367 g/mol. The predicted molar refractivity (Wildman–Crippen MR) is 100 cm³/mol. The van der Waals surface area contributed by atoms with Crippen LogP contribution in [0.25, 0.3) is 0 Å². The van der Waals surface area contributed by atoms with Gasteiger partial charge in [0.2, 0.25) is 0 Å². The van der Waals surface area contributed by atoms with Crippen molar-refractivity contribution in [2.24, 2.45) is 0 Å². The minimum absolute atomic E-state index is 0.0705. The van der Waals surface area contributed by atoms with Crippen molar-refractivity contribution in [3.63, 3.8) is 0 Å². The molecule has 1 heterocycles. The second kappa shape index (κ2) is 8.05. The molecular formula is C19H17N3O5. The second-order valence-electron chi connectivity index (χ2n) is 5.43. The van der Waals surface area contributed by atoms with E-state index in [1.165, 1.54) is 18.3 Å². The van der Waals surface area contributed by atoms with Crippen LogP contribution in [-0.4, -0.2) is 24.1 Å². The average Bonchev–Trinajstić information content (AvgIpc) is 2.69. The van der Waals surface area contributed by atoms with Crippen LogP contribution >= 0.6 is 0 Å². The van der Waals surface area contributed by atoms with Crippen molar-refractivity contribution >= 4 is 17.2 Å². The first-order valence-electron chi connectivity index (χ1n) is 7.96. The molecule has 2 aromatic carbocycles. The summed E-state index contributed by atoms with van der Waals surface area (Å²) in [5, 5.41) is 13.8. The van der Waals surface area contributed by atoms with Gasteiger partial charge in [0.15, 0.2) is 11.5 Å². The highest BCUT2D eigenvalue weighted by Crippen LogP contribution is 2.35. The molecule has 0 saturated heterocycles. The molecule has 27 heavy (non-hydrogen) atoms. The SMILES string of the molecule is COc1ccc(Oc2cc(Nc3ccc([N+](=O)[O-])cn3)ccc2OC)cc1. The van der Waals surface area contributed by atoms with E-state index in [2.05, 4.69) is 10.3 Å². The van der Waals surface area contributed by atoms with Gasteiger partial charge in [-0.3, -0.25) is 10.1 Å². The third-order valence-corrected chi connectivity index (χ3v) is 3.68. The summed E-state index contributed by atoms with van der Waals surface area (Å²) in [7, 11) is 3.15. The number of hydrogen-bond acceptors (Lipinski definition) is 7. The number of nitrogens with one attached hydrogen (secondary N) is 1. The van der Waals surface area contributed by atoms with Crippen LogP contribution in [0.5, 0.6) is 23.0 Å². The zero-order valence-corrected chi connectivity index (χ0v) is 14.7. The fraction of sp³-hybridized carbons (Fsp3) is 0.105. The molecular weight excluding hydrogens is 350 g/mol. The van der Waals surface area contributed by atoms with E-state index in [9.17, 15) is 10.1 Å². The van der Waals surface area contributed by atoms with Crippen molar-refractivity contribution < 1.29 is 19.1 Å². The lowest BCUT2D eigenvalue weighted by molar-refractivity contribution is -0.385. The standard InChI is InChI=1S/C19H17N3O5/c1-25-15-5-7-16(8-6-15)27-18-11-13(3-9-17(18)26-2)21-19-10-4-14(12-20-19)22(23)24/h3-12H,1-2H3,(H,20,21). The van der Waals surface area contributed by atoms with Crippen LogP contribution in [0, 0.1) is 10.1 Å². The number of benzene rings is 2. The summed E-state index contributed by atoms with van der Waals surface area (Å²) in [5.41, 5.74) is 0.625. The zero-order valence-electron chi connectivity index (χ0n) is 14.7. The Balaban J connectivity index is 1.80. The van der Waals surface area contributed by atoms with Crippen LogP contribution in [-0.2, 0) is 0 Å². The fourth-order valence-electron chi connectivity index (χ4n) is 2.32. The lowest BCUT2D eigenvalue weighted by Crippen LogP contribution is -1.97. The number of aromatic nitrogens is 1. The molecule has 8 heteroatoms. The predicted octanol–water partition coefficient (Wildman–Crippen LogP) is 4.54. The van der Waals surface area contributed by atoms with Gasteiger partial charge < -0.3 is 19.5 Å².